The number of rotatable bonds is 1. The van der Waals surface area contributed by atoms with Crippen molar-refractivity contribution in [2.45, 2.75) is 32.1 Å². The molecule has 0 amide bonds. The Morgan fingerprint density at radius 3 is 2.20 bits per heavy atom. The molecule has 3 unspecified atom stereocenters. The molecule has 0 spiro atoms. The lowest BCUT2D eigenvalue weighted by Gasteiger charge is -2.37. The Hall–Kier alpha value is -0.860. The molecule has 15 heavy (non-hydrogen) atoms. The first kappa shape index (κ1) is 9.37. The molecule has 3 atom stereocenters. The summed E-state index contributed by atoms with van der Waals surface area (Å²) in [5.41, 5.74) is 0. The number of carbonyl (C=O) groups is 2. The van der Waals surface area contributed by atoms with E-state index in [1.54, 1.807) is 0 Å². The topological polar surface area (TPSA) is 54.4 Å². The predicted molar refractivity (Wildman–Crippen MR) is 53.2 cm³/mol. The van der Waals surface area contributed by atoms with Crippen LogP contribution in [0.25, 0.3) is 0 Å². The molecule has 1 N–H and O–H groups in total. The van der Waals surface area contributed by atoms with Crippen molar-refractivity contribution in [3.8, 4) is 0 Å². The van der Waals surface area contributed by atoms with Gasteiger partial charge in [0.15, 0.2) is 0 Å². The van der Waals surface area contributed by atoms with Gasteiger partial charge in [-0.2, -0.15) is 0 Å². The molecule has 82 valence electrons. The number of hydrogen-bond donors (Lipinski definition) is 1. The summed E-state index contributed by atoms with van der Waals surface area (Å²) in [5, 5.41) is 9.16. The Balaban J connectivity index is 1.99. The van der Waals surface area contributed by atoms with Crippen LogP contribution in [0.2, 0.25) is 0 Å². The van der Waals surface area contributed by atoms with Gasteiger partial charge >= 0.3 is 5.97 Å². The summed E-state index contributed by atoms with van der Waals surface area (Å²) in [4.78, 5) is 23.2. The molecule has 3 nitrogen and oxygen atoms in total. The van der Waals surface area contributed by atoms with E-state index in [4.69, 9.17) is 5.11 Å². The smallest absolute Gasteiger partial charge is 0.314 e. The number of fused-ring (bicyclic) bond motifs is 1. The van der Waals surface area contributed by atoms with Gasteiger partial charge in [0.2, 0.25) is 0 Å². The largest absolute Gasteiger partial charge is 0.481 e. The fourth-order valence-corrected chi connectivity index (χ4v) is 4.22. The molecule has 4 bridgehead atoms. The third-order valence-electron chi connectivity index (χ3n) is 4.62. The van der Waals surface area contributed by atoms with Crippen LogP contribution in [0.4, 0.5) is 0 Å². The first-order valence-corrected chi connectivity index (χ1v) is 5.91. The van der Waals surface area contributed by atoms with Gasteiger partial charge in [-0.05, 0) is 49.9 Å². The van der Waals surface area contributed by atoms with Gasteiger partial charge in [0, 0.05) is 5.92 Å². The zero-order valence-corrected chi connectivity index (χ0v) is 8.69. The van der Waals surface area contributed by atoms with Crippen LogP contribution < -0.4 is 0 Å². The Morgan fingerprint density at radius 2 is 1.67 bits per heavy atom. The summed E-state index contributed by atoms with van der Waals surface area (Å²) < 4.78 is 0. The highest BCUT2D eigenvalue weighted by Gasteiger charge is 2.50. The number of carboxylic acids is 1. The number of ketones is 1. The zero-order valence-electron chi connectivity index (χ0n) is 8.69. The van der Waals surface area contributed by atoms with E-state index in [9.17, 15) is 9.59 Å². The molecular weight excluding hydrogens is 192 g/mol. The maximum Gasteiger partial charge on any atom is 0.314 e. The zero-order chi connectivity index (χ0) is 10.6. The van der Waals surface area contributed by atoms with Crippen LogP contribution >= 0.6 is 0 Å². The average molecular weight is 208 g/mol. The van der Waals surface area contributed by atoms with E-state index in [-0.39, 0.29) is 17.6 Å². The number of carboxylic acid groups (broad SMARTS) is 1. The molecule has 4 saturated carbocycles. The van der Waals surface area contributed by atoms with Crippen molar-refractivity contribution in [3.63, 3.8) is 0 Å². The first-order valence-electron chi connectivity index (χ1n) is 5.91. The molecule has 0 heterocycles. The molecule has 4 fully saturated rings. The summed E-state index contributed by atoms with van der Waals surface area (Å²) >= 11 is 0. The fourth-order valence-electron chi connectivity index (χ4n) is 4.22. The van der Waals surface area contributed by atoms with Crippen LogP contribution in [0, 0.1) is 29.6 Å². The number of carbonyl (C=O) groups excluding carboxylic acids is 1. The highest BCUT2D eigenvalue weighted by molar-refractivity contribution is 6.00. The van der Waals surface area contributed by atoms with E-state index in [0.717, 1.165) is 25.7 Å². The van der Waals surface area contributed by atoms with Crippen molar-refractivity contribution >= 4 is 11.8 Å². The summed E-state index contributed by atoms with van der Waals surface area (Å²) in [6, 6.07) is 0. The molecule has 0 saturated heterocycles. The fraction of sp³-hybridized carbons (Fsp3) is 0.833. The van der Waals surface area contributed by atoms with Crippen LogP contribution in [0.1, 0.15) is 32.1 Å². The van der Waals surface area contributed by atoms with Gasteiger partial charge in [-0.15, -0.1) is 0 Å². The highest BCUT2D eigenvalue weighted by Crippen LogP contribution is 2.51. The molecule has 4 aliphatic carbocycles. The van der Waals surface area contributed by atoms with Gasteiger partial charge in [0.1, 0.15) is 11.7 Å². The van der Waals surface area contributed by atoms with Crippen LogP contribution in [0.5, 0.6) is 0 Å². The second kappa shape index (κ2) is 3.06. The van der Waals surface area contributed by atoms with Crippen molar-refractivity contribution in [3.05, 3.63) is 0 Å². The lowest BCUT2D eigenvalue weighted by atomic mass is 9.67. The van der Waals surface area contributed by atoms with Crippen molar-refractivity contribution < 1.29 is 14.7 Å². The Labute approximate surface area is 88.9 Å². The third kappa shape index (κ3) is 1.32. The van der Waals surface area contributed by atoms with Crippen LogP contribution in [-0.2, 0) is 9.59 Å². The Kier molecular flexibility index (Phi) is 1.91. The normalized spacial score (nSPS) is 48.0. The maximum absolute atomic E-state index is 12.1. The summed E-state index contributed by atoms with van der Waals surface area (Å²) in [6.45, 7) is 0. The standard InChI is InChI=1S/C12H16O3/c13-11-9-4-6-1-7(5-9)3-8(2-6)10(11)12(14)15/h6-10H,1-5H2,(H,14,15). The van der Waals surface area contributed by atoms with Crippen LogP contribution in [-0.4, -0.2) is 16.9 Å². The number of hydrogen-bond acceptors (Lipinski definition) is 2. The van der Waals surface area contributed by atoms with Gasteiger partial charge in [-0.1, -0.05) is 0 Å². The van der Waals surface area contributed by atoms with E-state index in [2.05, 4.69) is 0 Å². The van der Waals surface area contributed by atoms with Crippen molar-refractivity contribution in [2.24, 2.45) is 29.6 Å². The van der Waals surface area contributed by atoms with Gasteiger partial charge < -0.3 is 5.11 Å². The van der Waals surface area contributed by atoms with Crippen molar-refractivity contribution in [2.75, 3.05) is 0 Å². The SMILES string of the molecule is O=C(O)C1C(=O)C2CC3CC(C2)CC1C3. The second-order valence-electron chi connectivity index (χ2n) is 5.59. The monoisotopic (exact) mass is 208 g/mol. The quantitative estimate of drug-likeness (QED) is 0.667. The minimum absolute atomic E-state index is 0.0391. The van der Waals surface area contributed by atoms with E-state index < -0.39 is 11.9 Å². The van der Waals surface area contributed by atoms with Crippen molar-refractivity contribution in [1.29, 1.82) is 0 Å². The van der Waals surface area contributed by atoms with Gasteiger partial charge in [0.25, 0.3) is 0 Å². The number of Topliss-reactive ketones (excluding diaryl/α,β-unsaturated/α-hetero) is 1. The molecule has 4 rings (SSSR count). The summed E-state index contributed by atoms with van der Waals surface area (Å²) in [7, 11) is 0. The lowest BCUT2D eigenvalue weighted by molar-refractivity contribution is -0.149. The van der Waals surface area contributed by atoms with E-state index in [1.807, 2.05) is 0 Å². The molecule has 4 aliphatic rings. The third-order valence-corrected chi connectivity index (χ3v) is 4.62. The molecule has 3 heteroatoms. The van der Waals surface area contributed by atoms with Crippen LogP contribution in [0.15, 0.2) is 0 Å². The molecule has 0 aromatic carbocycles. The predicted octanol–water partition coefficient (Wildman–Crippen LogP) is 1.71. The second-order valence-corrected chi connectivity index (χ2v) is 5.59. The first-order chi connectivity index (χ1) is 7.15. The Bertz CT molecular complexity index is 309. The molecule has 0 aliphatic heterocycles. The van der Waals surface area contributed by atoms with E-state index in [1.165, 1.54) is 6.42 Å². The minimum Gasteiger partial charge on any atom is -0.481 e. The lowest BCUT2D eigenvalue weighted by Crippen LogP contribution is -2.32. The van der Waals surface area contributed by atoms with Crippen molar-refractivity contribution in [1.82, 2.24) is 0 Å². The maximum atomic E-state index is 12.1. The Morgan fingerprint density at radius 1 is 1.07 bits per heavy atom. The van der Waals surface area contributed by atoms with E-state index >= 15 is 0 Å². The van der Waals surface area contributed by atoms with Crippen LogP contribution in [0.3, 0.4) is 0 Å². The molecule has 0 aromatic rings. The van der Waals surface area contributed by atoms with Gasteiger partial charge in [-0.25, -0.2) is 0 Å². The highest BCUT2D eigenvalue weighted by atomic mass is 16.4. The summed E-state index contributed by atoms with van der Waals surface area (Å²) in [6.07, 6.45) is 5.14. The average Bonchev–Trinajstić information content (AvgIpc) is 2.28. The molecule has 0 radical (unpaired) electrons. The van der Waals surface area contributed by atoms with Gasteiger partial charge in [0.05, 0.1) is 0 Å². The van der Waals surface area contributed by atoms with Gasteiger partial charge in [-0.3, -0.25) is 9.59 Å². The summed E-state index contributed by atoms with van der Waals surface area (Å²) in [5.74, 6) is -0.0177. The van der Waals surface area contributed by atoms with E-state index in [0.29, 0.717) is 11.8 Å². The molecule has 0 aromatic heterocycles. The minimum atomic E-state index is -0.877. The number of aliphatic carboxylic acids is 1. The molecular formula is C12H16O3.